The maximum absolute atomic E-state index is 12.0. The predicted octanol–water partition coefficient (Wildman–Crippen LogP) is 1.97. The Morgan fingerprint density at radius 1 is 1.09 bits per heavy atom. The van der Waals surface area contributed by atoms with Gasteiger partial charge in [0.2, 0.25) is 5.91 Å². The van der Waals surface area contributed by atoms with E-state index in [9.17, 15) is 4.79 Å². The molecule has 22 heavy (non-hydrogen) atoms. The van der Waals surface area contributed by atoms with Gasteiger partial charge in [-0.25, -0.2) is 0 Å². The molecule has 1 aromatic carbocycles. The maximum Gasteiger partial charge on any atom is 0.221 e. The first-order valence-corrected chi connectivity index (χ1v) is 8.09. The van der Waals surface area contributed by atoms with Crippen LogP contribution >= 0.6 is 12.4 Å². The molecule has 122 valence electrons. The second-order valence-corrected chi connectivity index (χ2v) is 6.17. The second kappa shape index (κ2) is 8.51. The van der Waals surface area contributed by atoms with Gasteiger partial charge in [-0.05, 0) is 37.4 Å². The van der Waals surface area contributed by atoms with Crippen LogP contribution < -0.4 is 10.6 Å². The van der Waals surface area contributed by atoms with E-state index in [0.717, 1.165) is 38.6 Å². The van der Waals surface area contributed by atoms with Crippen LogP contribution in [0.1, 0.15) is 30.9 Å². The zero-order chi connectivity index (χ0) is 14.5. The van der Waals surface area contributed by atoms with Crippen molar-refractivity contribution in [2.45, 2.75) is 25.3 Å². The molecule has 2 aliphatic heterocycles. The average Bonchev–Trinajstić information content (AvgIpc) is 2.71. The molecule has 3 rings (SSSR count). The van der Waals surface area contributed by atoms with Crippen molar-refractivity contribution in [3.8, 4) is 0 Å². The number of halogens is 1. The third-order valence-electron chi connectivity index (χ3n) is 4.68. The smallest absolute Gasteiger partial charge is 0.221 e. The predicted molar refractivity (Wildman–Crippen MR) is 91.2 cm³/mol. The fourth-order valence-corrected chi connectivity index (χ4v) is 3.49. The Hall–Kier alpha value is -1.10. The zero-order valence-corrected chi connectivity index (χ0v) is 13.8. The van der Waals surface area contributed by atoms with Gasteiger partial charge in [-0.2, -0.15) is 0 Å². The maximum atomic E-state index is 12.0. The van der Waals surface area contributed by atoms with Crippen LogP contribution in [0.5, 0.6) is 0 Å². The summed E-state index contributed by atoms with van der Waals surface area (Å²) in [5.74, 6) is 0.933. The van der Waals surface area contributed by atoms with Crippen molar-refractivity contribution < 1.29 is 4.79 Å². The molecule has 0 aliphatic carbocycles. The molecule has 1 aromatic rings. The van der Waals surface area contributed by atoms with Crippen molar-refractivity contribution >= 4 is 18.3 Å². The second-order valence-electron chi connectivity index (χ2n) is 6.17. The number of rotatable bonds is 3. The van der Waals surface area contributed by atoms with Crippen molar-refractivity contribution in [1.82, 2.24) is 15.5 Å². The first-order chi connectivity index (χ1) is 10.3. The Morgan fingerprint density at radius 3 is 2.55 bits per heavy atom. The van der Waals surface area contributed by atoms with Crippen molar-refractivity contribution in [3.63, 3.8) is 0 Å². The fourth-order valence-electron chi connectivity index (χ4n) is 3.49. The number of nitrogens with zero attached hydrogens (tertiary/aromatic N) is 1. The summed E-state index contributed by atoms with van der Waals surface area (Å²) in [4.78, 5) is 14.5. The highest BCUT2D eigenvalue weighted by atomic mass is 35.5. The van der Waals surface area contributed by atoms with Crippen molar-refractivity contribution in [1.29, 1.82) is 0 Å². The van der Waals surface area contributed by atoms with Crippen molar-refractivity contribution in [3.05, 3.63) is 35.9 Å². The van der Waals surface area contributed by atoms with E-state index < -0.39 is 0 Å². The van der Waals surface area contributed by atoms with Gasteiger partial charge in [0.05, 0.1) is 0 Å². The van der Waals surface area contributed by atoms with Gasteiger partial charge >= 0.3 is 0 Å². The third kappa shape index (κ3) is 4.45. The fraction of sp³-hybridized carbons (Fsp3) is 0.588. The molecule has 0 spiro atoms. The van der Waals surface area contributed by atoms with E-state index >= 15 is 0 Å². The summed E-state index contributed by atoms with van der Waals surface area (Å²) in [6, 6.07) is 10.7. The van der Waals surface area contributed by atoms with Gasteiger partial charge in [-0.1, -0.05) is 30.3 Å². The van der Waals surface area contributed by atoms with E-state index in [0.29, 0.717) is 6.42 Å². The lowest BCUT2D eigenvalue weighted by atomic mass is 9.95. The highest BCUT2D eigenvalue weighted by Gasteiger charge is 2.28. The quantitative estimate of drug-likeness (QED) is 0.894. The van der Waals surface area contributed by atoms with Crippen LogP contribution in [0.25, 0.3) is 0 Å². The highest BCUT2D eigenvalue weighted by molar-refractivity contribution is 5.85. The first-order valence-electron chi connectivity index (χ1n) is 8.09. The Balaban J connectivity index is 0.00000176. The topological polar surface area (TPSA) is 44.4 Å². The van der Waals surface area contributed by atoms with E-state index in [-0.39, 0.29) is 24.4 Å². The molecule has 5 heteroatoms. The summed E-state index contributed by atoms with van der Waals surface area (Å²) in [6.07, 6.45) is 3.08. The standard InChI is InChI=1S/C17H25N3O.ClH/c21-17-12-16(15-4-2-1-3-5-15)20(11-10-19-17)13-14-6-8-18-9-7-14;/h1-5,14,16,18H,6-13H2,(H,19,21);1H. The van der Waals surface area contributed by atoms with E-state index in [1.165, 1.54) is 18.4 Å². The lowest BCUT2D eigenvalue weighted by molar-refractivity contribution is -0.121. The Kier molecular flexibility index (Phi) is 6.68. The third-order valence-corrected chi connectivity index (χ3v) is 4.68. The highest BCUT2D eigenvalue weighted by Crippen LogP contribution is 2.27. The van der Waals surface area contributed by atoms with E-state index in [1.54, 1.807) is 0 Å². The summed E-state index contributed by atoms with van der Waals surface area (Å²) < 4.78 is 0. The van der Waals surface area contributed by atoms with Crippen LogP contribution in [-0.4, -0.2) is 43.5 Å². The summed E-state index contributed by atoms with van der Waals surface area (Å²) >= 11 is 0. The number of carbonyl (C=O) groups is 1. The Labute approximate surface area is 139 Å². The minimum Gasteiger partial charge on any atom is -0.355 e. The minimum atomic E-state index is 0. The molecule has 0 aromatic heterocycles. The van der Waals surface area contributed by atoms with Crippen LogP contribution in [0.2, 0.25) is 0 Å². The van der Waals surface area contributed by atoms with Gasteiger partial charge in [0.15, 0.2) is 0 Å². The van der Waals surface area contributed by atoms with E-state index in [4.69, 9.17) is 0 Å². The molecule has 1 atom stereocenters. The van der Waals surface area contributed by atoms with Gasteiger partial charge in [0.25, 0.3) is 0 Å². The molecule has 1 amide bonds. The Bertz CT molecular complexity index is 462. The van der Waals surface area contributed by atoms with Gasteiger partial charge < -0.3 is 10.6 Å². The molecule has 0 bridgehead atoms. The summed E-state index contributed by atoms with van der Waals surface area (Å²) in [6.45, 7) is 5.09. The molecule has 2 saturated heterocycles. The normalized spacial score (nSPS) is 24.2. The number of carbonyl (C=O) groups excluding carboxylic acids is 1. The van der Waals surface area contributed by atoms with E-state index in [2.05, 4.69) is 39.8 Å². The van der Waals surface area contributed by atoms with Crippen LogP contribution in [0.15, 0.2) is 30.3 Å². The molecule has 4 nitrogen and oxygen atoms in total. The largest absolute Gasteiger partial charge is 0.355 e. The number of piperidine rings is 1. The molecule has 2 aliphatic rings. The first kappa shape index (κ1) is 17.3. The van der Waals surface area contributed by atoms with Gasteiger partial charge in [0.1, 0.15) is 0 Å². The number of nitrogens with one attached hydrogen (secondary N) is 2. The number of hydrogen-bond donors (Lipinski definition) is 2. The van der Waals surface area contributed by atoms with Crippen LogP contribution in [0.4, 0.5) is 0 Å². The van der Waals surface area contributed by atoms with E-state index in [1.807, 2.05) is 6.07 Å². The molecule has 1 unspecified atom stereocenters. The molecular weight excluding hydrogens is 298 g/mol. The van der Waals surface area contributed by atoms with Gasteiger partial charge in [-0.15, -0.1) is 12.4 Å². The molecule has 2 fully saturated rings. The SMILES string of the molecule is Cl.O=C1CC(c2ccccc2)N(CC2CCNCC2)CCN1. The van der Waals surface area contributed by atoms with Crippen LogP contribution in [0, 0.1) is 5.92 Å². The zero-order valence-electron chi connectivity index (χ0n) is 13.0. The monoisotopic (exact) mass is 323 g/mol. The molecule has 0 saturated carbocycles. The van der Waals surface area contributed by atoms with Gasteiger partial charge in [-0.3, -0.25) is 9.69 Å². The molecule has 2 heterocycles. The molecule has 2 N–H and O–H groups in total. The molecule has 0 radical (unpaired) electrons. The number of amides is 1. The van der Waals surface area contributed by atoms with Gasteiger partial charge in [0, 0.05) is 32.1 Å². The van der Waals surface area contributed by atoms with Crippen molar-refractivity contribution in [2.24, 2.45) is 5.92 Å². The lowest BCUT2D eigenvalue weighted by Crippen LogP contribution is -2.39. The van der Waals surface area contributed by atoms with Crippen LogP contribution in [0.3, 0.4) is 0 Å². The van der Waals surface area contributed by atoms with Crippen molar-refractivity contribution in [2.75, 3.05) is 32.7 Å². The number of benzene rings is 1. The summed E-state index contributed by atoms with van der Waals surface area (Å²) in [7, 11) is 0. The summed E-state index contributed by atoms with van der Waals surface area (Å²) in [5.41, 5.74) is 1.27. The molecular formula is C17H26ClN3O. The summed E-state index contributed by atoms with van der Waals surface area (Å²) in [5, 5.41) is 6.45. The van der Waals surface area contributed by atoms with Crippen LogP contribution in [-0.2, 0) is 4.79 Å². The Morgan fingerprint density at radius 2 is 1.82 bits per heavy atom. The average molecular weight is 324 g/mol. The minimum absolute atomic E-state index is 0. The number of hydrogen-bond acceptors (Lipinski definition) is 3. The lowest BCUT2D eigenvalue weighted by Gasteiger charge is -2.34.